The highest BCUT2D eigenvalue weighted by atomic mass is 32.2. The largest absolute Gasteiger partial charge is 0.480 e. The number of hydrogen-bond donors (Lipinski definition) is 2. The number of aliphatic carboxylic acids is 1. The van der Waals surface area contributed by atoms with Crippen molar-refractivity contribution in [1.29, 1.82) is 0 Å². The van der Waals surface area contributed by atoms with Gasteiger partial charge in [0.25, 0.3) is 0 Å². The lowest BCUT2D eigenvalue weighted by Gasteiger charge is -2.26. The first-order valence-corrected chi connectivity index (χ1v) is 8.32. The maximum absolute atomic E-state index is 12.0. The quantitative estimate of drug-likeness (QED) is 0.839. The molecule has 1 aromatic rings. The van der Waals surface area contributed by atoms with Crippen LogP contribution in [-0.4, -0.2) is 25.2 Å². The Balaban J connectivity index is 2.15. The summed E-state index contributed by atoms with van der Waals surface area (Å²) in [7, 11) is -3.58. The van der Waals surface area contributed by atoms with Crippen molar-refractivity contribution in [3.05, 3.63) is 35.4 Å². The summed E-state index contributed by atoms with van der Waals surface area (Å²) in [4.78, 5) is 11.3. The van der Waals surface area contributed by atoms with Gasteiger partial charge >= 0.3 is 5.97 Å². The molecule has 0 spiro atoms. The Hall–Kier alpha value is -1.40. The topological polar surface area (TPSA) is 83.5 Å². The van der Waals surface area contributed by atoms with Gasteiger partial charge in [0, 0.05) is 0 Å². The molecular weight excluding hydrogens is 278 g/mol. The van der Waals surface area contributed by atoms with Crippen LogP contribution in [0.2, 0.25) is 0 Å². The van der Waals surface area contributed by atoms with Crippen LogP contribution >= 0.6 is 0 Å². The fraction of sp³-hybridized carbons (Fsp3) is 0.500. The van der Waals surface area contributed by atoms with Crippen LogP contribution in [0, 0.1) is 12.8 Å². The number of nitrogens with one attached hydrogen (secondary N) is 1. The Kier molecular flexibility index (Phi) is 4.45. The lowest BCUT2D eigenvalue weighted by Crippen LogP contribution is -2.38. The van der Waals surface area contributed by atoms with Gasteiger partial charge in [-0.25, -0.2) is 8.42 Å². The Labute approximate surface area is 119 Å². The van der Waals surface area contributed by atoms with E-state index in [2.05, 4.69) is 4.72 Å². The van der Waals surface area contributed by atoms with Gasteiger partial charge in [0.1, 0.15) is 6.04 Å². The van der Waals surface area contributed by atoms with E-state index in [9.17, 15) is 18.3 Å². The summed E-state index contributed by atoms with van der Waals surface area (Å²) in [6.07, 6.45) is 2.87. The lowest BCUT2D eigenvalue weighted by atomic mass is 9.87. The number of hydrogen-bond acceptors (Lipinski definition) is 3. The highest BCUT2D eigenvalue weighted by Gasteiger charge is 2.29. The molecule has 0 heterocycles. The Morgan fingerprint density at radius 1 is 1.45 bits per heavy atom. The number of carbonyl (C=O) groups is 1. The molecule has 5 nitrogen and oxygen atoms in total. The predicted molar refractivity (Wildman–Crippen MR) is 75.8 cm³/mol. The van der Waals surface area contributed by atoms with Gasteiger partial charge in [-0.1, -0.05) is 36.2 Å². The van der Waals surface area contributed by atoms with Crippen molar-refractivity contribution in [2.75, 3.05) is 5.75 Å². The van der Waals surface area contributed by atoms with Crippen molar-refractivity contribution < 1.29 is 18.3 Å². The maximum atomic E-state index is 12.0. The lowest BCUT2D eigenvalue weighted by molar-refractivity contribution is -0.139. The molecule has 0 amide bonds. The molecule has 2 rings (SSSR count). The number of rotatable bonds is 6. The summed E-state index contributed by atoms with van der Waals surface area (Å²) < 4.78 is 26.4. The fourth-order valence-electron chi connectivity index (χ4n) is 2.31. The Bertz CT molecular complexity index is 593. The minimum atomic E-state index is -3.58. The average molecular weight is 297 g/mol. The van der Waals surface area contributed by atoms with E-state index >= 15 is 0 Å². The SMILES string of the molecule is Cc1cccc(C(NS(=O)(=O)CC2CCC2)C(=O)O)c1. The van der Waals surface area contributed by atoms with Gasteiger partial charge in [0.05, 0.1) is 5.75 Å². The minimum absolute atomic E-state index is 0.0165. The number of carboxylic acid groups (broad SMARTS) is 1. The molecule has 1 saturated carbocycles. The highest BCUT2D eigenvalue weighted by Crippen LogP contribution is 2.28. The first-order valence-electron chi connectivity index (χ1n) is 6.67. The molecule has 0 saturated heterocycles. The van der Waals surface area contributed by atoms with Crippen LogP contribution in [0.3, 0.4) is 0 Å². The van der Waals surface area contributed by atoms with Gasteiger partial charge < -0.3 is 5.11 Å². The first kappa shape index (κ1) is 15.0. The van der Waals surface area contributed by atoms with Gasteiger partial charge in [0.2, 0.25) is 10.0 Å². The molecule has 0 radical (unpaired) electrons. The van der Waals surface area contributed by atoms with Crippen LogP contribution in [0.25, 0.3) is 0 Å². The number of aryl methyl sites for hydroxylation is 1. The molecular formula is C14H19NO4S. The molecule has 1 aliphatic carbocycles. The number of sulfonamides is 1. The van der Waals surface area contributed by atoms with Crippen molar-refractivity contribution >= 4 is 16.0 Å². The average Bonchev–Trinajstić information content (AvgIpc) is 2.31. The molecule has 0 aromatic heterocycles. The molecule has 1 aromatic carbocycles. The van der Waals surface area contributed by atoms with Crippen molar-refractivity contribution in [1.82, 2.24) is 4.72 Å². The Morgan fingerprint density at radius 3 is 2.65 bits per heavy atom. The van der Waals surface area contributed by atoms with Crippen LogP contribution in [0.4, 0.5) is 0 Å². The smallest absolute Gasteiger partial charge is 0.326 e. The summed E-state index contributed by atoms with van der Waals surface area (Å²) >= 11 is 0. The van der Waals surface area contributed by atoms with Crippen molar-refractivity contribution in [3.63, 3.8) is 0 Å². The molecule has 1 fully saturated rings. The van der Waals surface area contributed by atoms with E-state index in [4.69, 9.17) is 0 Å². The standard InChI is InChI=1S/C14H19NO4S/c1-10-4-2-7-12(8-10)13(14(16)17)15-20(18,19)9-11-5-3-6-11/h2,4,7-8,11,13,15H,3,5-6,9H2,1H3,(H,16,17). The van der Waals surface area contributed by atoms with Crippen LogP contribution in [0.15, 0.2) is 24.3 Å². The molecule has 0 aliphatic heterocycles. The number of carboxylic acids is 1. The van der Waals surface area contributed by atoms with E-state index in [1.807, 2.05) is 13.0 Å². The van der Waals surface area contributed by atoms with Gasteiger partial charge in [-0.05, 0) is 31.2 Å². The third-order valence-electron chi connectivity index (χ3n) is 3.60. The third-order valence-corrected chi connectivity index (χ3v) is 5.10. The molecule has 0 bridgehead atoms. The van der Waals surface area contributed by atoms with Gasteiger partial charge in [0.15, 0.2) is 0 Å². The molecule has 110 valence electrons. The van der Waals surface area contributed by atoms with Gasteiger partial charge in [-0.2, -0.15) is 4.72 Å². The molecule has 6 heteroatoms. The molecule has 1 atom stereocenters. The number of benzene rings is 1. The predicted octanol–water partition coefficient (Wildman–Crippen LogP) is 1.84. The normalized spacial score (nSPS) is 17.4. The van der Waals surface area contributed by atoms with Crippen LogP contribution in [-0.2, 0) is 14.8 Å². The van der Waals surface area contributed by atoms with Crippen molar-refractivity contribution in [3.8, 4) is 0 Å². The third kappa shape index (κ3) is 3.80. The Morgan fingerprint density at radius 2 is 2.15 bits per heavy atom. The van der Waals surface area contributed by atoms with E-state index in [0.29, 0.717) is 5.56 Å². The van der Waals surface area contributed by atoms with E-state index < -0.39 is 22.0 Å². The second-order valence-corrected chi connectivity index (χ2v) is 7.18. The second-order valence-electron chi connectivity index (χ2n) is 5.38. The van der Waals surface area contributed by atoms with Crippen molar-refractivity contribution in [2.45, 2.75) is 32.2 Å². The first-order chi connectivity index (χ1) is 9.37. The summed E-state index contributed by atoms with van der Waals surface area (Å²) in [5.41, 5.74) is 1.35. The van der Waals surface area contributed by atoms with E-state index in [1.54, 1.807) is 18.2 Å². The summed E-state index contributed by atoms with van der Waals surface area (Å²) in [6, 6.07) is 5.65. The molecule has 2 N–H and O–H groups in total. The molecule has 1 unspecified atom stereocenters. The fourth-order valence-corrected chi connectivity index (χ4v) is 3.95. The zero-order chi connectivity index (χ0) is 14.8. The molecule has 1 aliphatic rings. The highest BCUT2D eigenvalue weighted by molar-refractivity contribution is 7.89. The summed E-state index contributed by atoms with van der Waals surface area (Å²) in [6.45, 7) is 1.84. The molecule has 20 heavy (non-hydrogen) atoms. The van der Waals surface area contributed by atoms with Gasteiger partial charge in [-0.3, -0.25) is 4.79 Å². The van der Waals surface area contributed by atoms with Gasteiger partial charge in [-0.15, -0.1) is 0 Å². The zero-order valence-corrected chi connectivity index (χ0v) is 12.2. The van der Waals surface area contributed by atoms with Crippen LogP contribution < -0.4 is 4.72 Å². The second kappa shape index (κ2) is 5.93. The monoisotopic (exact) mass is 297 g/mol. The van der Waals surface area contributed by atoms with E-state index in [-0.39, 0.29) is 11.7 Å². The minimum Gasteiger partial charge on any atom is -0.480 e. The zero-order valence-electron chi connectivity index (χ0n) is 11.4. The maximum Gasteiger partial charge on any atom is 0.326 e. The van der Waals surface area contributed by atoms with Crippen LogP contribution in [0.5, 0.6) is 0 Å². The van der Waals surface area contributed by atoms with E-state index in [0.717, 1.165) is 24.8 Å². The summed E-state index contributed by atoms with van der Waals surface area (Å²) in [5.74, 6) is -1.00. The van der Waals surface area contributed by atoms with E-state index in [1.165, 1.54) is 0 Å². The van der Waals surface area contributed by atoms with Crippen molar-refractivity contribution in [2.24, 2.45) is 5.92 Å². The summed E-state index contributed by atoms with van der Waals surface area (Å²) in [5, 5.41) is 9.26. The van der Waals surface area contributed by atoms with Crippen LogP contribution in [0.1, 0.15) is 36.4 Å².